The zero-order valence-corrected chi connectivity index (χ0v) is 7.85. The van der Waals surface area contributed by atoms with Crippen LogP contribution < -0.4 is 5.32 Å². The van der Waals surface area contributed by atoms with Crippen LogP contribution in [0.5, 0.6) is 0 Å². The summed E-state index contributed by atoms with van der Waals surface area (Å²) < 4.78 is 13.3. The number of anilines is 1. The Hall–Kier alpha value is -0.970. The van der Waals surface area contributed by atoms with E-state index in [1.165, 1.54) is 13.0 Å². The van der Waals surface area contributed by atoms with Crippen molar-refractivity contribution in [1.82, 2.24) is 4.98 Å². The van der Waals surface area contributed by atoms with Crippen LogP contribution in [0.3, 0.4) is 0 Å². The number of nitrogens with one attached hydrogen (secondary N) is 1. The van der Waals surface area contributed by atoms with E-state index in [1.54, 1.807) is 0 Å². The van der Waals surface area contributed by atoms with Crippen LogP contribution >= 0.6 is 15.9 Å². The first-order valence-electron chi connectivity index (χ1n) is 3.18. The summed E-state index contributed by atoms with van der Waals surface area (Å²) in [6.45, 7) is 1.31. The van der Waals surface area contributed by atoms with Crippen molar-refractivity contribution < 1.29 is 9.18 Å². The monoisotopic (exact) mass is 232 g/mol. The average Bonchev–Trinajstić information content (AvgIpc) is 1.96. The van der Waals surface area contributed by atoms with E-state index < -0.39 is 5.82 Å². The predicted molar refractivity (Wildman–Crippen MR) is 46.2 cm³/mol. The fourth-order valence-corrected chi connectivity index (χ4v) is 1.03. The van der Waals surface area contributed by atoms with E-state index in [0.717, 1.165) is 6.20 Å². The lowest BCUT2D eigenvalue weighted by atomic mass is 10.4. The Morgan fingerprint density at radius 2 is 2.42 bits per heavy atom. The second-order valence-corrected chi connectivity index (χ2v) is 2.98. The normalized spacial score (nSPS) is 9.58. The lowest BCUT2D eigenvalue weighted by Crippen LogP contribution is -2.07. The first kappa shape index (κ1) is 9.12. The minimum atomic E-state index is -0.548. The third kappa shape index (κ3) is 2.27. The summed E-state index contributed by atoms with van der Waals surface area (Å²) >= 11 is 3.06. The molecule has 0 radical (unpaired) electrons. The van der Waals surface area contributed by atoms with Gasteiger partial charge in [-0.1, -0.05) is 0 Å². The van der Waals surface area contributed by atoms with E-state index >= 15 is 0 Å². The van der Waals surface area contributed by atoms with E-state index in [2.05, 4.69) is 26.2 Å². The van der Waals surface area contributed by atoms with Crippen LogP contribution in [-0.4, -0.2) is 10.9 Å². The molecular formula is C7H6BrFN2O. The topological polar surface area (TPSA) is 42.0 Å². The molecular weight excluding hydrogens is 227 g/mol. The summed E-state index contributed by atoms with van der Waals surface area (Å²) in [7, 11) is 0. The van der Waals surface area contributed by atoms with Crippen molar-refractivity contribution in [3.8, 4) is 0 Å². The van der Waals surface area contributed by atoms with Gasteiger partial charge in [0.15, 0.2) is 5.82 Å². The molecule has 0 unspecified atom stereocenters. The van der Waals surface area contributed by atoms with E-state index in [9.17, 15) is 9.18 Å². The highest BCUT2D eigenvalue weighted by Gasteiger charge is 2.03. The highest BCUT2D eigenvalue weighted by Crippen LogP contribution is 2.16. The van der Waals surface area contributed by atoms with Gasteiger partial charge >= 0.3 is 0 Å². The maximum absolute atomic E-state index is 12.8. The molecule has 1 heterocycles. The average molecular weight is 233 g/mol. The fourth-order valence-electron chi connectivity index (χ4n) is 0.699. The Kier molecular flexibility index (Phi) is 2.75. The lowest BCUT2D eigenvalue weighted by Gasteiger charge is -2.02. The van der Waals surface area contributed by atoms with Crippen LogP contribution in [0.4, 0.5) is 10.1 Å². The Morgan fingerprint density at radius 1 is 1.75 bits per heavy atom. The van der Waals surface area contributed by atoms with Gasteiger partial charge in [-0.3, -0.25) is 4.79 Å². The second-order valence-electron chi connectivity index (χ2n) is 2.17. The number of amides is 1. The highest BCUT2D eigenvalue weighted by atomic mass is 79.9. The minimum Gasteiger partial charge on any atom is -0.324 e. The summed E-state index contributed by atoms with van der Waals surface area (Å²) in [6.07, 6.45) is 1.04. The van der Waals surface area contributed by atoms with Crippen molar-refractivity contribution in [2.75, 3.05) is 5.32 Å². The Bertz CT molecular complexity index is 316. The maximum Gasteiger partial charge on any atom is 0.221 e. The van der Waals surface area contributed by atoms with Crippen molar-refractivity contribution in [3.63, 3.8) is 0 Å². The van der Waals surface area contributed by atoms with Gasteiger partial charge in [0.2, 0.25) is 5.91 Å². The number of pyridine rings is 1. The SMILES string of the molecule is CC(=O)Nc1cc(Br)ncc1F. The molecule has 0 aliphatic heterocycles. The van der Waals surface area contributed by atoms with Crippen LogP contribution in [0.2, 0.25) is 0 Å². The third-order valence-electron chi connectivity index (χ3n) is 1.13. The Balaban J connectivity index is 2.97. The molecule has 1 aromatic heterocycles. The molecule has 1 N–H and O–H groups in total. The zero-order chi connectivity index (χ0) is 9.14. The van der Waals surface area contributed by atoms with Gasteiger partial charge in [-0.05, 0) is 22.0 Å². The molecule has 0 bridgehead atoms. The van der Waals surface area contributed by atoms with Gasteiger partial charge in [-0.25, -0.2) is 9.37 Å². The molecule has 1 aromatic rings. The molecule has 3 nitrogen and oxygen atoms in total. The summed E-state index contributed by atoms with van der Waals surface area (Å²) in [6, 6.07) is 1.40. The molecule has 0 saturated carbocycles. The van der Waals surface area contributed by atoms with E-state index in [4.69, 9.17) is 0 Å². The number of aromatic nitrogens is 1. The third-order valence-corrected chi connectivity index (χ3v) is 1.57. The highest BCUT2D eigenvalue weighted by molar-refractivity contribution is 9.10. The molecule has 0 aliphatic carbocycles. The van der Waals surface area contributed by atoms with Gasteiger partial charge in [0.05, 0.1) is 11.9 Å². The molecule has 0 spiro atoms. The number of hydrogen-bond acceptors (Lipinski definition) is 2. The number of nitrogens with zero attached hydrogens (tertiary/aromatic N) is 1. The molecule has 0 atom stereocenters. The van der Waals surface area contributed by atoms with Crippen LogP contribution in [0, 0.1) is 5.82 Å². The number of carbonyl (C=O) groups is 1. The summed E-state index contributed by atoms with van der Waals surface area (Å²) in [5, 5.41) is 2.33. The quantitative estimate of drug-likeness (QED) is 0.753. The molecule has 0 aliphatic rings. The van der Waals surface area contributed by atoms with Crippen LogP contribution in [0.25, 0.3) is 0 Å². The molecule has 5 heteroatoms. The van der Waals surface area contributed by atoms with Gasteiger partial charge < -0.3 is 5.32 Å². The predicted octanol–water partition coefficient (Wildman–Crippen LogP) is 1.94. The van der Waals surface area contributed by atoms with E-state index in [-0.39, 0.29) is 11.6 Å². The van der Waals surface area contributed by atoms with Crippen LogP contribution in [0.15, 0.2) is 16.9 Å². The zero-order valence-electron chi connectivity index (χ0n) is 6.27. The first-order valence-corrected chi connectivity index (χ1v) is 3.97. The molecule has 0 aromatic carbocycles. The molecule has 1 amide bonds. The number of hydrogen-bond donors (Lipinski definition) is 1. The molecule has 0 fully saturated rings. The number of carbonyl (C=O) groups excluding carboxylic acids is 1. The fraction of sp³-hybridized carbons (Fsp3) is 0.143. The largest absolute Gasteiger partial charge is 0.324 e. The van der Waals surface area contributed by atoms with Crippen molar-refractivity contribution in [2.45, 2.75) is 6.92 Å². The Morgan fingerprint density at radius 3 is 3.00 bits per heavy atom. The van der Waals surface area contributed by atoms with Crippen LogP contribution in [-0.2, 0) is 4.79 Å². The Labute approximate surface area is 77.1 Å². The summed E-state index contributed by atoms with van der Waals surface area (Å²) in [5.41, 5.74) is 0.129. The van der Waals surface area contributed by atoms with Gasteiger partial charge in [-0.2, -0.15) is 0 Å². The van der Waals surface area contributed by atoms with Gasteiger partial charge in [0, 0.05) is 6.92 Å². The maximum atomic E-state index is 12.8. The summed E-state index contributed by atoms with van der Waals surface area (Å²) in [5.74, 6) is -0.861. The lowest BCUT2D eigenvalue weighted by molar-refractivity contribution is -0.114. The van der Waals surface area contributed by atoms with Crippen molar-refractivity contribution in [2.24, 2.45) is 0 Å². The van der Waals surface area contributed by atoms with Gasteiger partial charge in [-0.15, -0.1) is 0 Å². The number of rotatable bonds is 1. The van der Waals surface area contributed by atoms with Gasteiger partial charge in [0.25, 0.3) is 0 Å². The van der Waals surface area contributed by atoms with Gasteiger partial charge in [0.1, 0.15) is 4.60 Å². The van der Waals surface area contributed by atoms with E-state index in [1.807, 2.05) is 0 Å². The first-order chi connectivity index (χ1) is 5.59. The smallest absolute Gasteiger partial charge is 0.221 e. The second kappa shape index (κ2) is 3.62. The molecule has 0 saturated heterocycles. The molecule has 12 heavy (non-hydrogen) atoms. The summed E-state index contributed by atoms with van der Waals surface area (Å²) in [4.78, 5) is 14.2. The van der Waals surface area contributed by atoms with Crippen molar-refractivity contribution in [3.05, 3.63) is 22.7 Å². The van der Waals surface area contributed by atoms with E-state index in [0.29, 0.717) is 4.60 Å². The molecule has 1 rings (SSSR count). The van der Waals surface area contributed by atoms with Crippen LogP contribution in [0.1, 0.15) is 6.92 Å². The van der Waals surface area contributed by atoms with Crippen molar-refractivity contribution >= 4 is 27.5 Å². The van der Waals surface area contributed by atoms with Crippen molar-refractivity contribution in [1.29, 1.82) is 0 Å². The standard InChI is InChI=1S/C7H6BrFN2O/c1-4(12)11-6-2-7(8)10-3-5(6)9/h2-3H,1H3,(H,10,11,12). The molecule has 64 valence electrons. The minimum absolute atomic E-state index is 0.129. The number of halogens is 2.